The largest absolute Gasteiger partial charge is 0.573 e. The van der Waals surface area contributed by atoms with Crippen LogP contribution in [0.3, 0.4) is 0 Å². The maximum Gasteiger partial charge on any atom is 0.573 e. The fraction of sp³-hybridized carbons (Fsp3) is 0.250. The molecule has 17 heavy (non-hydrogen) atoms. The third-order valence-corrected chi connectivity index (χ3v) is 2.54. The second kappa shape index (κ2) is 4.41. The smallest absolute Gasteiger partial charge is 0.497 e. The van der Waals surface area contributed by atoms with E-state index in [4.69, 9.17) is 5.14 Å². The van der Waals surface area contributed by atoms with Crippen LogP contribution in [0.2, 0.25) is 0 Å². The predicted octanol–water partition coefficient (Wildman–Crippen LogP) is 1.24. The minimum Gasteiger partial charge on any atom is -0.497 e. The molecule has 0 aliphatic heterocycles. The summed E-state index contributed by atoms with van der Waals surface area (Å²) in [5, 5.41) is 4.79. The van der Waals surface area contributed by atoms with Gasteiger partial charge in [-0.2, -0.15) is 0 Å². The number of benzene rings is 1. The van der Waals surface area contributed by atoms with Crippen LogP contribution in [0.1, 0.15) is 0 Å². The molecule has 0 spiro atoms. The SMILES string of the molecule is COc1cc(OC(F)(F)F)cc(S(N)(=O)=O)c1. The van der Waals surface area contributed by atoms with Gasteiger partial charge in [-0.05, 0) is 0 Å². The Labute approximate surface area is 95.0 Å². The Morgan fingerprint density at radius 2 is 1.71 bits per heavy atom. The Morgan fingerprint density at radius 3 is 2.12 bits per heavy atom. The Morgan fingerprint density at radius 1 is 1.18 bits per heavy atom. The molecule has 0 unspecified atom stereocenters. The summed E-state index contributed by atoms with van der Waals surface area (Å²) in [7, 11) is -2.97. The summed E-state index contributed by atoms with van der Waals surface area (Å²) in [5.41, 5.74) is 0. The molecule has 0 fully saturated rings. The van der Waals surface area contributed by atoms with E-state index in [2.05, 4.69) is 9.47 Å². The van der Waals surface area contributed by atoms with Crippen LogP contribution in [0.15, 0.2) is 23.1 Å². The molecule has 0 aliphatic carbocycles. The van der Waals surface area contributed by atoms with E-state index in [0.29, 0.717) is 6.07 Å². The molecule has 96 valence electrons. The summed E-state index contributed by atoms with van der Waals surface area (Å²) >= 11 is 0. The first-order valence-electron chi connectivity index (χ1n) is 4.09. The lowest BCUT2D eigenvalue weighted by Gasteiger charge is -2.11. The number of nitrogens with two attached hydrogens (primary N) is 1. The Balaban J connectivity index is 3.24. The number of primary sulfonamides is 1. The zero-order chi connectivity index (χ0) is 13.3. The van der Waals surface area contributed by atoms with Crippen molar-refractivity contribution in [1.29, 1.82) is 0 Å². The molecule has 0 aromatic heterocycles. The molecule has 0 amide bonds. The van der Waals surface area contributed by atoms with E-state index < -0.39 is 27.0 Å². The van der Waals surface area contributed by atoms with Crippen molar-refractivity contribution in [2.75, 3.05) is 7.11 Å². The van der Waals surface area contributed by atoms with Crippen LogP contribution in [-0.4, -0.2) is 21.9 Å². The maximum absolute atomic E-state index is 12.0. The third kappa shape index (κ3) is 4.11. The fourth-order valence-corrected chi connectivity index (χ4v) is 1.58. The van der Waals surface area contributed by atoms with Crippen molar-refractivity contribution < 1.29 is 31.1 Å². The van der Waals surface area contributed by atoms with Gasteiger partial charge in [0.2, 0.25) is 10.0 Å². The van der Waals surface area contributed by atoms with E-state index in [1.165, 1.54) is 7.11 Å². The topological polar surface area (TPSA) is 78.6 Å². The molecule has 0 radical (unpaired) electrons. The second-order valence-corrected chi connectivity index (χ2v) is 4.50. The molecular formula is C8H8F3NO4S. The average molecular weight is 271 g/mol. The number of rotatable bonds is 3. The molecule has 0 bridgehead atoms. The zero-order valence-corrected chi connectivity index (χ0v) is 9.30. The van der Waals surface area contributed by atoms with Crippen molar-refractivity contribution in [1.82, 2.24) is 0 Å². The first kappa shape index (κ1) is 13.6. The van der Waals surface area contributed by atoms with E-state index in [9.17, 15) is 21.6 Å². The van der Waals surface area contributed by atoms with E-state index >= 15 is 0 Å². The summed E-state index contributed by atoms with van der Waals surface area (Å²) in [6.45, 7) is 0. The van der Waals surface area contributed by atoms with Crippen LogP contribution < -0.4 is 14.6 Å². The lowest BCUT2D eigenvalue weighted by atomic mass is 10.3. The van der Waals surface area contributed by atoms with Gasteiger partial charge in [0, 0.05) is 18.2 Å². The number of methoxy groups -OCH3 is 1. The summed E-state index contributed by atoms with van der Waals surface area (Å²) in [6, 6.07) is 2.53. The van der Waals surface area contributed by atoms with Crippen molar-refractivity contribution in [2.45, 2.75) is 11.3 Å². The first-order valence-corrected chi connectivity index (χ1v) is 5.64. The van der Waals surface area contributed by atoms with Gasteiger partial charge in [0.15, 0.2) is 0 Å². The molecule has 2 N–H and O–H groups in total. The quantitative estimate of drug-likeness (QED) is 0.897. The summed E-state index contributed by atoms with van der Waals surface area (Å²) < 4.78 is 66.1. The minimum absolute atomic E-state index is 0.115. The van der Waals surface area contributed by atoms with E-state index in [0.717, 1.165) is 12.1 Å². The van der Waals surface area contributed by atoms with Crippen LogP contribution >= 0.6 is 0 Å². The summed E-state index contributed by atoms with van der Waals surface area (Å²) in [5.74, 6) is -0.836. The van der Waals surface area contributed by atoms with Crippen LogP contribution in [0.5, 0.6) is 11.5 Å². The van der Waals surface area contributed by atoms with Crippen molar-refractivity contribution in [3.63, 3.8) is 0 Å². The lowest BCUT2D eigenvalue weighted by molar-refractivity contribution is -0.274. The molecular weight excluding hydrogens is 263 g/mol. The molecule has 1 rings (SSSR count). The highest BCUT2D eigenvalue weighted by Crippen LogP contribution is 2.29. The number of hydrogen-bond acceptors (Lipinski definition) is 4. The molecule has 0 saturated carbocycles. The normalized spacial score (nSPS) is 12.3. The summed E-state index contributed by atoms with van der Waals surface area (Å²) in [6.07, 6.45) is -4.93. The van der Waals surface area contributed by atoms with Crippen molar-refractivity contribution >= 4 is 10.0 Å². The van der Waals surface area contributed by atoms with Gasteiger partial charge in [-0.1, -0.05) is 0 Å². The highest BCUT2D eigenvalue weighted by atomic mass is 32.2. The van der Waals surface area contributed by atoms with E-state index in [1.807, 2.05) is 0 Å². The maximum atomic E-state index is 12.0. The lowest BCUT2D eigenvalue weighted by Crippen LogP contribution is -2.18. The highest BCUT2D eigenvalue weighted by molar-refractivity contribution is 7.89. The fourth-order valence-electron chi connectivity index (χ4n) is 1.02. The molecule has 0 heterocycles. The van der Waals surface area contributed by atoms with Gasteiger partial charge in [-0.3, -0.25) is 0 Å². The Kier molecular flexibility index (Phi) is 3.53. The monoisotopic (exact) mass is 271 g/mol. The molecule has 1 aromatic carbocycles. The Hall–Kier alpha value is -1.48. The number of sulfonamides is 1. The molecule has 0 aliphatic rings. The number of hydrogen-bond donors (Lipinski definition) is 1. The second-order valence-electron chi connectivity index (χ2n) is 2.94. The molecule has 0 atom stereocenters. The summed E-state index contributed by atoms with van der Waals surface area (Å²) in [4.78, 5) is -0.531. The van der Waals surface area contributed by atoms with E-state index in [1.54, 1.807) is 0 Å². The van der Waals surface area contributed by atoms with Crippen molar-refractivity contribution in [3.8, 4) is 11.5 Å². The highest BCUT2D eigenvalue weighted by Gasteiger charge is 2.31. The van der Waals surface area contributed by atoms with Crippen LogP contribution in [0, 0.1) is 0 Å². The van der Waals surface area contributed by atoms with Gasteiger partial charge in [-0.15, -0.1) is 13.2 Å². The molecule has 1 aromatic rings. The van der Waals surface area contributed by atoms with Crippen LogP contribution in [0.4, 0.5) is 13.2 Å². The van der Waals surface area contributed by atoms with Crippen LogP contribution in [-0.2, 0) is 10.0 Å². The first-order chi connectivity index (χ1) is 7.62. The van der Waals surface area contributed by atoms with Gasteiger partial charge < -0.3 is 9.47 Å². The Bertz CT molecular complexity index is 512. The van der Waals surface area contributed by atoms with E-state index in [-0.39, 0.29) is 5.75 Å². The number of halogens is 3. The van der Waals surface area contributed by atoms with Crippen LogP contribution in [0.25, 0.3) is 0 Å². The van der Waals surface area contributed by atoms with Gasteiger partial charge in [0.05, 0.1) is 12.0 Å². The van der Waals surface area contributed by atoms with Gasteiger partial charge in [0.25, 0.3) is 0 Å². The predicted molar refractivity (Wildman–Crippen MR) is 51.1 cm³/mol. The van der Waals surface area contributed by atoms with Crippen molar-refractivity contribution in [3.05, 3.63) is 18.2 Å². The van der Waals surface area contributed by atoms with Gasteiger partial charge in [-0.25, -0.2) is 13.6 Å². The van der Waals surface area contributed by atoms with Gasteiger partial charge >= 0.3 is 6.36 Å². The zero-order valence-electron chi connectivity index (χ0n) is 8.48. The third-order valence-electron chi connectivity index (χ3n) is 1.65. The number of alkyl halides is 3. The standard InChI is InChI=1S/C8H8F3NO4S/c1-15-5-2-6(16-8(9,10)11)4-7(3-5)17(12,13)14/h2-4H,1H3,(H2,12,13,14). The average Bonchev–Trinajstić information content (AvgIpc) is 2.13. The number of ether oxygens (including phenoxy) is 2. The minimum atomic E-state index is -4.93. The molecule has 0 saturated heterocycles. The molecule has 9 heteroatoms. The van der Waals surface area contributed by atoms with Gasteiger partial charge in [0.1, 0.15) is 11.5 Å². The van der Waals surface area contributed by atoms with Crippen molar-refractivity contribution in [2.24, 2.45) is 5.14 Å². The molecule has 5 nitrogen and oxygen atoms in total.